The van der Waals surface area contributed by atoms with E-state index in [1.807, 2.05) is 0 Å². The molecule has 0 saturated heterocycles. The lowest BCUT2D eigenvalue weighted by atomic mass is 10.0. The van der Waals surface area contributed by atoms with E-state index in [-0.39, 0.29) is 17.8 Å². The molecule has 0 unspecified atom stereocenters. The Balaban J connectivity index is 3.23. The minimum Gasteiger partial charge on any atom is -0.300 e. The quantitative estimate of drug-likeness (QED) is 0.748. The first-order chi connectivity index (χ1) is 7.70. The van der Waals surface area contributed by atoms with Crippen LogP contribution in [0, 0.1) is 0 Å². The van der Waals surface area contributed by atoms with Crippen LogP contribution in [0.4, 0.5) is 22.0 Å². The highest BCUT2D eigenvalue weighted by molar-refractivity contribution is 5.78. The van der Waals surface area contributed by atoms with Gasteiger partial charge in [0.25, 0.3) is 6.43 Å². The summed E-state index contributed by atoms with van der Waals surface area (Å²) < 4.78 is 62.1. The van der Waals surface area contributed by atoms with Gasteiger partial charge in [-0.05, 0) is 30.7 Å². The average molecular weight is 252 g/mol. The van der Waals surface area contributed by atoms with Crippen LogP contribution in [-0.4, -0.2) is 5.78 Å². The number of rotatable bonds is 3. The van der Waals surface area contributed by atoms with Gasteiger partial charge in [-0.2, -0.15) is 13.2 Å². The van der Waals surface area contributed by atoms with Crippen molar-refractivity contribution >= 4 is 5.78 Å². The van der Waals surface area contributed by atoms with Gasteiger partial charge >= 0.3 is 6.18 Å². The van der Waals surface area contributed by atoms with E-state index >= 15 is 0 Å². The number of Topliss-reactive ketones (excluding diaryl/α,β-unsaturated/α-hetero) is 1. The zero-order chi connectivity index (χ0) is 13.2. The van der Waals surface area contributed by atoms with Gasteiger partial charge in [0.2, 0.25) is 0 Å². The Labute approximate surface area is 94.2 Å². The summed E-state index contributed by atoms with van der Waals surface area (Å²) in [5.74, 6) is -0.385. The number of ketones is 1. The van der Waals surface area contributed by atoms with Crippen LogP contribution in [0.15, 0.2) is 18.2 Å². The molecule has 17 heavy (non-hydrogen) atoms. The summed E-state index contributed by atoms with van der Waals surface area (Å²) in [4.78, 5) is 10.8. The van der Waals surface area contributed by atoms with Crippen LogP contribution in [0.25, 0.3) is 0 Å². The van der Waals surface area contributed by atoms with Crippen molar-refractivity contribution in [2.75, 3.05) is 0 Å². The van der Waals surface area contributed by atoms with Crippen LogP contribution in [0.2, 0.25) is 0 Å². The van der Waals surface area contributed by atoms with Crippen molar-refractivity contribution < 1.29 is 26.7 Å². The van der Waals surface area contributed by atoms with Crippen LogP contribution in [-0.2, 0) is 17.4 Å². The Morgan fingerprint density at radius 1 is 1.24 bits per heavy atom. The van der Waals surface area contributed by atoms with Crippen molar-refractivity contribution in [1.82, 2.24) is 0 Å². The molecular weight excluding hydrogens is 243 g/mol. The molecule has 0 saturated carbocycles. The summed E-state index contributed by atoms with van der Waals surface area (Å²) in [6.07, 6.45) is -7.98. The number of halogens is 5. The lowest BCUT2D eigenvalue weighted by molar-refractivity contribution is -0.137. The maximum absolute atomic E-state index is 12.4. The molecule has 0 fully saturated rings. The summed E-state index contributed by atoms with van der Waals surface area (Å²) in [6.45, 7) is 1.18. The molecule has 0 aliphatic heterocycles. The first-order valence-electron chi connectivity index (χ1n) is 4.69. The van der Waals surface area contributed by atoms with E-state index in [0.29, 0.717) is 12.1 Å². The molecule has 1 aromatic rings. The zero-order valence-electron chi connectivity index (χ0n) is 8.81. The van der Waals surface area contributed by atoms with Gasteiger partial charge in [-0.3, -0.25) is 4.79 Å². The van der Waals surface area contributed by atoms with Gasteiger partial charge in [0.15, 0.2) is 0 Å². The van der Waals surface area contributed by atoms with Gasteiger partial charge < -0.3 is 0 Å². The standard InChI is InChI=1S/C11H9F5O/c1-6(17)2-7-3-8(10(12)13)5-9(4-7)11(14,15)16/h3-5,10H,2H2,1H3. The summed E-state index contributed by atoms with van der Waals surface area (Å²) in [6, 6.07) is 2.03. The third-order valence-electron chi connectivity index (χ3n) is 2.05. The van der Waals surface area contributed by atoms with Crippen molar-refractivity contribution in [3.05, 3.63) is 34.9 Å². The zero-order valence-corrected chi connectivity index (χ0v) is 8.81. The van der Waals surface area contributed by atoms with E-state index in [0.717, 1.165) is 6.07 Å². The Hall–Kier alpha value is -1.46. The van der Waals surface area contributed by atoms with Gasteiger partial charge in [-0.15, -0.1) is 0 Å². The minimum absolute atomic E-state index is 0.0531. The van der Waals surface area contributed by atoms with E-state index in [2.05, 4.69) is 0 Å². The highest BCUT2D eigenvalue weighted by atomic mass is 19.4. The fraction of sp³-hybridized carbons (Fsp3) is 0.364. The van der Waals surface area contributed by atoms with Crippen molar-refractivity contribution in [2.45, 2.75) is 25.9 Å². The monoisotopic (exact) mass is 252 g/mol. The van der Waals surface area contributed by atoms with E-state index in [9.17, 15) is 26.7 Å². The second kappa shape index (κ2) is 4.81. The van der Waals surface area contributed by atoms with E-state index in [1.54, 1.807) is 0 Å². The predicted molar refractivity (Wildman–Crippen MR) is 50.8 cm³/mol. The SMILES string of the molecule is CC(=O)Cc1cc(C(F)F)cc(C(F)(F)F)c1. The van der Waals surface area contributed by atoms with Crippen molar-refractivity contribution in [3.8, 4) is 0 Å². The average Bonchev–Trinajstić information content (AvgIpc) is 2.14. The maximum Gasteiger partial charge on any atom is 0.416 e. The molecule has 94 valence electrons. The number of alkyl halides is 5. The lowest BCUT2D eigenvalue weighted by Gasteiger charge is -2.11. The molecule has 0 heterocycles. The highest BCUT2D eigenvalue weighted by Gasteiger charge is 2.32. The molecular formula is C11H9F5O. The first-order valence-corrected chi connectivity index (χ1v) is 4.69. The lowest BCUT2D eigenvalue weighted by Crippen LogP contribution is -2.08. The molecule has 0 radical (unpaired) electrons. The summed E-state index contributed by atoms with van der Waals surface area (Å²) >= 11 is 0. The predicted octanol–water partition coefficient (Wildman–Crippen LogP) is 3.77. The fourth-order valence-corrected chi connectivity index (χ4v) is 1.40. The van der Waals surface area contributed by atoms with Crippen molar-refractivity contribution in [2.24, 2.45) is 0 Å². The topological polar surface area (TPSA) is 17.1 Å². The molecule has 0 aliphatic carbocycles. The molecule has 0 N–H and O–H groups in total. The van der Waals surface area contributed by atoms with E-state index in [4.69, 9.17) is 0 Å². The van der Waals surface area contributed by atoms with E-state index < -0.39 is 23.7 Å². The van der Waals surface area contributed by atoms with Gasteiger partial charge in [0.1, 0.15) is 5.78 Å². The molecule has 0 spiro atoms. The second-order valence-electron chi connectivity index (χ2n) is 3.64. The molecule has 1 rings (SSSR count). The van der Waals surface area contributed by atoms with Crippen LogP contribution < -0.4 is 0 Å². The Morgan fingerprint density at radius 3 is 2.24 bits per heavy atom. The third-order valence-corrected chi connectivity index (χ3v) is 2.05. The van der Waals surface area contributed by atoms with Gasteiger partial charge in [0, 0.05) is 12.0 Å². The number of carbonyl (C=O) groups excluding carboxylic acids is 1. The van der Waals surface area contributed by atoms with E-state index in [1.165, 1.54) is 6.92 Å². The second-order valence-corrected chi connectivity index (χ2v) is 3.64. The Morgan fingerprint density at radius 2 is 1.82 bits per heavy atom. The summed E-state index contributed by atoms with van der Waals surface area (Å²) in [5.41, 5.74) is -1.94. The molecule has 0 aliphatic rings. The molecule has 0 aromatic heterocycles. The van der Waals surface area contributed by atoms with Crippen molar-refractivity contribution in [3.63, 3.8) is 0 Å². The number of hydrogen-bond donors (Lipinski definition) is 0. The molecule has 6 heteroatoms. The maximum atomic E-state index is 12.4. The van der Waals surface area contributed by atoms with Gasteiger partial charge in [-0.1, -0.05) is 0 Å². The highest BCUT2D eigenvalue weighted by Crippen LogP contribution is 2.33. The first kappa shape index (κ1) is 13.6. The Bertz CT molecular complexity index is 422. The smallest absolute Gasteiger partial charge is 0.300 e. The third kappa shape index (κ3) is 3.80. The number of hydrogen-bond acceptors (Lipinski definition) is 1. The summed E-state index contributed by atoms with van der Waals surface area (Å²) in [5, 5.41) is 0. The van der Waals surface area contributed by atoms with Crippen molar-refractivity contribution in [1.29, 1.82) is 0 Å². The number of benzene rings is 1. The fourth-order valence-electron chi connectivity index (χ4n) is 1.40. The molecule has 0 amide bonds. The van der Waals surface area contributed by atoms with Crippen LogP contribution in [0.1, 0.15) is 30.0 Å². The van der Waals surface area contributed by atoms with Crippen LogP contribution in [0.3, 0.4) is 0 Å². The molecule has 0 bridgehead atoms. The molecule has 1 nitrogen and oxygen atoms in total. The normalized spacial score (nSPS) is 11.9. The van der Waals surface area contributed by atoms with Crippen LogP contribution in [0.5, 0.6) is 0 Å². The molecule has 1 aromatic carbocycles. The van der Waals surface area contributed by atoms with Gasteiger partial charge in [0.05, 0.1) is 5.56 Å². The number of carbonyl (C=O) groups is 1. The molecule has 0 atom stereocenters. The van der Waals surface area contributed by atoms with Crippen LogP contribution >= 0.6 is 0 Å². The summed E-state index contributed by atoms with van der Waals surface area (Å²) in [7, 11) is 0. The Kier molecular flexibility index (Phi) is 3.85. The largest absolute Gasteiger partial charge is 0.416 e. The minimum atomic E-state index is -4.70. The van der Waals surface area contributed by atoms with Gasteiger partial charge in [-0.25, -0.2) is 8.78 Å².